The van der Waals surface area contributed by atoms with Gasteiger partial charge in [-0.3, -0.25) is 0 Å². The molecule has 4 unspecified atom stereocenters. The summed E-state index contributed by atoms with van der Waals surface area (Å²) in [4.78, 5) is 0. The molecule has 0 spiro atoms. The molecular formula is C15H26F2O. The van der Waals surface area contributed by atoms with Gasteiger partial charge < -0.3 is 5.11 Å². The molecule has 1 nitrogen and oxygen atoms in total. The predicted octanol–water partition coefficient (Wildman–Crippen LogP) is 4.39. The van der Waals surface area contributed by atoms with E-state index in [1.807, 2.05) is 0 Å². The van der Waals surface area contributed by atoms with E-state index in [1.54, 1.807) is 0 Å². The summed E-state index contributed by atoms with van der Waals surface area (Å²) in [6.07, 6.45) is 6.35. The van der Waals surface area contributed by atoms with E-state index in [0.29, 0.717) is 18.8 Å². The summed E-state index contributed by atoms with van der Waals surface area (Å²) in [7, 11) is 0. The highest BCUT2D eigenvalue weighted by atomic mass is 19.3. The number of aliphatic hydroxyl groups is 1. The van der Waals surface area contributed by atoms with Crippen molar-refractivity contribution in [1.29, 1.82) is 0 Å². The predicted molar refractivity (Wildman–Crippen MR) is 68.7 cm³/mol. The molecule has 2 saturated carbocycles. The molecule has 0 aliphatic heterocycles. The second-order valence-corrected chi connectivity index (χ2v) is 6.47. The van der Waals surface area contributed by atoms with Crippen molar-refractivity contribution < 1.29 is 13.9 Å². The van der Waals surface area contributed by atoms with Gasteiger partial charge in [0.25, 0.3) is 0 Å². The summed E-state index contributed by atoms with van der Waals surface area (Å²) in [6, 6.07) is 0. The maximum atomic E-state index is 13.3. The quantitative estimate of drug-likeness (QED) is 0.795. The molecule has 2 fully saturated rings. The van der Waals surface area contributed by atoms with Crippen molar-refractivity contribution >= 4 is 0 Å². The van der Waals surface area contributed by atoms with Gasteiger partial charge in [0.15, 0.2) is 0 Å². The van der Waals surface area contributed by atoms with Crippen molar-refractivity contribution in [2.75, 3.05) is 0 Å². The van der Waals surface area contributed by atoms with E-state index in [0.717, 1.165) is 25.2 Å². The lowest BCUT2D eigenvalue weighted by molar-refractivity contribution is -0.0616. The van der Waals surface area contributed by atoms with Gasteiger partial charge in [-0.2, -0.15) is 0 Å². The number of hydrogen-bond acceptors (Lipinski definition) is 1. The number of halogens is 2. The van der Waals surface area contributed by atoms with E-state index in [2.05, 4.69) is 6.92 Å². The Labute approximate surface area is 109 Å². The first-order valence-electron chi connectivity index (χ1n) is 7.56. The Morgan fingerprint density at radius 3 is 2.61 bits per heavy atom. The molecule has 0 bridgehead atoms. The molecule has 0 aromatic heterocycles. The average Bonchev–Trinajstić information content (AvgIpc) is 2.76. The zero-order valence-electron chi connectivity index (χ0n) is 11.4. The van der Waals surface area contributed by atoms with Gasteiger partial charge in [0.2, 0.25) is 5.92 Å². The van der Waals surface area contributed by atoms with Crippen LogP contribution in [0, 0.1) is 17.8 Å². The minimum absolute atomic E-state index is 0.00597. The summed E-state index contributed by atoms with van der Waals surface area (Å²) in [6.45, 7) is 2.20. The lowest BCUT2D eigenvalue weighted by Gasteiger charge is -2.31. The van der Waals surface area contributed by atoms with Crippen LogP contribution in [0.2, 0.25) is 0 Å². The summed E-state index contributed by atoms with van der Waals surface area (Å²) >= 11 is 0. The minimum atomic E-state index is -2.48. The largest absolute Gasteiger partial charge is 0.393 e. The maximum absolute atomic E-state index is 13.3. The fraction of sp³-hybridized carbons (Fsp3) is 1.00. The third-order valence-electron chi connectivity index (χ3n) is 5.02. The summed E-state index contributed by atoms with van der Waals surface area (Å²) < 4.78 is 26.6. The van der Waals surface area contributed by atoms with E-state index in [1.165, 1.54) is 12.8 Å². The zero-order valence-corrected chi connectivity index (χ0v) is 11.4. The molecule has 0 saturated heterocycles. The van der Waals surface area contributed by atoms with Crippen LogP contribution in [0.15, 0.2) is 0 Å². The molecule has 2 aliphatic carbocycles. The molecule has 0 radical (unpaired) electrons. The molecule has 0 amide bonds. The Hall–Kier alpha value is -0.180. The van der Waals surface area contributed by atoms with Gasteiger partial charge in [-0.25, -0.2) is 8.78 Å². The summed E-state index contributed by atoms with van der Waals surface area (Å²) in [5, 5.41) is 10.2. The van der Waals surface area contributed by atoms with Crippen molar-refractivity contribution in [1.82, 2.24) is 0 Å². The van der Waals surface area contributed by atoms with Crippen molar-refractivity contribution in [2.45, 2.75) is 76.7 Å². The molecule has 106 valence electrons. The van der Waals surface area contributed by atoms with E-state index < -0.39 is 5.92 Å². The van der Waals surface area contributed by atoms with Crippen molar-refractivity contribution in [2.24, 2.45) is 17.8 Å². The normalized spacial score (nSPS) is 37.7. The Morgan fingerprint density at radius 2 is 2.00 bits per heavy atom. The van der Waals surface area contributed by atoms with Crippen LogP contribution in [0.25, 0.3) is 0 Å². The van der Waals surface area contributed by atoms with E-state index in [9.17, 15) is 13.9 Å². The minimum Gasteiger partial charge on any atom is -0.393 e. The molecule has 1 N–H and O–H groups in total. The van der Waals surface area contributed by atoms with Crippen LogP contribution >= 0.6 is 0 Å². The first kappa shape index (κ1) is 14.2. The summed E-state index contributed by atoms with van der Waals surface area (Å²) in [5.74, 6) is -1.34. The Kier molecular flexibility index (Phi) is 4.63. The Balaban J connectivity index is 1.79. The third kappa shape index (κ3) is 3.66. The van der Waals surface area contributed by atoms with Crippen LogP contribution in [-0.2, 0) is 0 Å². The maximum Gasteiger partial charge on any atom is 0.248 e. The van der Waals surface area contributed by atoms with Gasteiger partial charge in [0, 0.05) is 12.8 Å². The van der Waals surface area contributed by atoms with Crippen LogP contribution in [0.3, 0.4) is 0 Å². The van der Waals surface area contributed by atoms with Crippen molar-refractivity contribution in [3.05, 3.63) is 0 Å². The van der Waals surface area contributed by atoms with Crippen molar-refractivity contribution in [3.63, 3.8) is 0 Å². The topological polar surface area (TPSA) is 20.2 Å². The molecule has 18 heavy (non-hydrogen) atoms. The first-order chi connectivity index (χ1) is 8.50. The van der Waals surface area contributed by atoms with Gasteiger partial charge in [-0.15, -0.1) is 0 Å². The molecule has 0 aromatic rings. The Morgan fingerprint density at radius 1 is 1.22 bits per heavy atom. The van der Waals surface area contributed by atoms with Gasteiger partial charge in [0.1, 0.15) is 0 Å². The van der Waals surface area contributed by atoms with E-state index >= 15 is 0 Å². The first-order valence-corrected chi connectivity index (χ1v) is 7.56. The third-order valence-corrected chi connectivity index (χ3v) is 5.02. The van der Waals surface area contributed by atoms with Gasteiger partial charge in [0.05, 0.1) is 6.10 Å². The average molecular weight is 260 g/mol. The highest BCUT2D eigenvalue weighted by Gasteiger charge is 2.38. The van der Waals surface area contributed by atoms with E-state index in [-0.39, 0.29) is 24.9 Å². The molecule has 0 heterocycles. The molecular weight excluding hydrogens is 234 g/mol. The fourth-order valence-electron chi connectivity index (χ4n) is 3.84. The van der Waals surface area contributed by atoms with Gasteiger partial charge in [-0.1, -0.05) is 19.8 Å². The Bertz CT molecular complexity index is 267. The fourth-order valence-corrected chi connectivity index (χ4v) is 3.84. The zero-order chi connectivity index (χ0) is 13.2. The highest BCUT2D eigenvalue weighted by molar-refractivity contribution is 4.85. The van der Waals surface area contributed by atoms with E-state index in [4.69, 9.17) is 0 Å². The molecule has 2 aliphatic rings. The second-order valence-electron chi connectivity index (χ2n) is 6.47. The number of rotatable bonds is 4. The second kappa shape index (κ2) is 5.85. The van der Waals surface area contributed by atoms with Crippen molar-refractivity contribution in [3.8, 4) is 0 Å². The highest BCUT2D eigenvalue weighted by Crippen LogP contribution is 2.41. The molecule has 0 aromatic carbocycles. The van der Waals surface area contributed by atoms with Crippen LogP contribution in [0.1, 0.15) is 64.7 Å². The number of alkyl halides is 2. The number of aliphatic hydroxyl groups excluding tert-OH is 1. The monoisotopic (exact) mass is 260 g/mol. The van der Waals surface area contributed by atoms with Crippen LogP contribution in [-0.4, -0.2) is 17.1 Å². The van der Waals surface area contributed by atoms with Crippen LogP contribution in [0.5, 0.6) is 0 Å². The smallest absolute Gasteiger partial charge is 0.248 e. The molecule has 2 rings (SSSR count). The molecule has 3 heteroatoms. The number of hydrogen-bond donors (Lipinski definition) is 1. The molecule has 4 atom stereocenters. The van der Waals surface area contributed by atoms with Crippen LogP contribution < -0.4 is 0 Å². The lowest BCUT2D eigenvalue weighted by Crippen LogP contribution is -2.30. The summed E-state index contributed by atoms with van der Waals surface area (Å²) in [5.41, 5.74) is 0. The SMILES string of the molecule is CCC1CCC(C(O)CC2CCCC(F)(F)C2)C1. The van der Waals surface area contributed by atoms with Gasteiger partial charge >= 0.3 is 0 Å². The standard InChI is InChI=1S/C15H26F2O/c1-2-11-5-6-13(8-11)14(18)9-12-4-3-7-15(16,17)10-12/h11-14,18H,2-10H2,1H3. The lowest BCUT2D eigenvalue weighted by atomic mass is 9.80. The van der Waals surface area contributed by atoms with Gasteiger partial charge in [-0.05, 0) is 49.9 Å². The van der Waals surface area contributed by atoms with Crippen LogP contribution in [0.4, 0.5) is 8.78 Å².